The molecule has 1 aromatic carbocycles. The number of hydrogen-bond donors (Lipinski definition) is 2. The van der Waals surface area contributed by atoms with Gasteiger partial charge in [0.25, 0.3) is 0 Å². The minimum Gasteiger partial charge on any atom is -0.450 e. The molecule has 0 unspecified atom stereocenters. The summed E-state index contributed by atoms with van der Waals surface area (Å²) in [6.07, 6.45) is -0.300. The molecule has 0 radical (unpaired) electrons. The van der Waals surface area contributed by atoms with Crippen LogP contribution in [0.5, 0.6) is 0 Å². The lowest BCUT2D eigenvalue weighted by Crippen LogP contribution is -2.11. The molecule has 0 fully saturated rings. The normalized spacial score (nSPS) is 10.3. The van der Waals surface area contributed by atoms with Gasteiger partial charge in [0.2, 0.25) is 11.7 Å². The van der Waals surface area contributed by atoms with E-state index in [9.17, 15) is 9.59 Å². The van der Waals surface area contributed by atoms with Crippen LogP contribution in [-0.2, 0) is 4.79 Å². The van der Waals surface area contributed by atoms with Crippen LogP contribution in [0, 0.1) is 11.3 Å². The first-order chi connectivity index (χ1) is 10.7. The minimum absolute atomic E-state index is 0.119. The van der Waals surface area contributed by atoms with Crippen LogP contribution in [0.15, 0.2) is 33.5 Å². The monoisotopic (exact) mass is 296 g/mol. The van der Waals surface area contributed by atoms with Gasteiger partial charge >= 0.3 is 0 Å². The smallest absolute Gasteiger partial charge is 0.239 e. The summed E-state index contributed by atoms with van der Waals surface area (Å²) in [6, 6.07) is 7.74. The average molecular weight is 296 g/mol. The van der Waals surface area contributed by atoms with Crippen molar-refractivity contribution >= 4 is 22.6 Å². The van der Waals surface area contributed by atoms with Gasteiger partial charge in [-0.2, -0.15) is 10.5 Å². The number of nitrogens with zero attached hydrogens (tertiary/aromatic N) is 4. The zero-order valence-electron chi connectivity index (χ0n) is 11.0. The maximum atomic E-state index is 12.1. The number of fused-ring (bicyclic) bond motifs is 1. The molecule has 2 N–H and O–H groups in total. The number of amides is 1. The minimum atomic E-state index is -0.498. The van der Waals surface area contributed by atoms with E-state index < -0.39 is 5.91 Å². The number of hydrogen-bond acceptors (Lipinski definition) is 7. The van der Waals surface area contributed by atoms with E-state index in [4.69, 9.17) is 9.68 Å². The van der Waals surface area contributed by atoms with Gasteiger partial charge < -0.3 is 9.73 Å². The molecular weight excluding hydrogens is 288 g/mol. The Bertz CT molecular complexity index is 939. The SMILES string of the molecule is N#CCC(=O)Nc1cccc2c(=O)cc(-c3nn[nH]n3)oc12. The van der Waals surface area contributed by atoms with Gasteiger partial charge in [-0.25, -0.2) is 0 Å². The third-order valence-electron chi connectivity index (χ3n) is 2.83. The maximum absolute atomic E-state index is 12.1. The van der Waals surface area contributed by atoms with Crippen LogP contribution in [0.25, 0.3) is 22.6 Å². The molecule has 0 aliphatic heterocycles. The van der Waals surface area contributed by atoms with Crippen LogP contribution in [0.4, 0.5) is 5.69 Å². The number of nitriles is 1. The van der Waals surface area contributed by atoms with Crippen molar-refractivity contribution in [2.45, 2.75) is 6.42 Å². The van der Waals surface area contributed by atoms with Crippen molar-refractivity contribution in [3.05, 3.63) is 34.5 Å². The van der Waals surface area contributed by atoms with Crippen LogP contribution in [-0.4, -0.2) is 26.5 Å². The topological polar surface area (TPSA) is 138 Å². The maximum Gasteiger partial charge on any atom is 0.239 e. The number of H-pyrrole nitrogens is 1. The Morgan fingerprint density at radius 1 is 1.45 bits per heavy atom. The van der Waals surface area contributed by atoms with Gasteiger partial charge in [0.15, 0.2) is 16.8 Å². The summed E-state index contributed by atoms with van der Waals surface area (Å²) in [5.41, 5.74) is 0.165. The van der Waals surface area contributed by atoms with Crippen molar-refractivity contribution in [3.8, 4) is 17.7 Å². The zero-order valence-corrected chi connectivity index (χ0v) is 11.0. The second-order valence-electron chi connectivity index (χ2n) is 4.28. The molecule has 22 heavy (non-hydrogen) atoms. The van der Waals surface area contributed by atoms with Crippen molar-refractivity contribution in [1.82, 2.24) is 20.6 Å². The molecule has 3 aromatic rings. The van der Waals surface area contributed by atoms with Gasteiger partial charge in [0.1, 0.15) is 6.42 Å². The molecular formula is C13H8N6O3. The molecule has 0 spiro atoms. The van der Waals surface area contributed by atoms with Crippen molar-refractivity contribution in [1.29, 1.82) is 5.26 Å². The lowest BCUT2D eigenvalue weighted by atomic mass is 10.2. The molecule has 9 nitrogen and oxygen atoms in total. The fourth-order valence-corrected chi connectivity index (χ4v) is 1.92. The lowest BCUT2D eigenvalue weighted by Gasteiger charge is -2.06. The molecule has 3 rings (SSSR count). The Hall–Kier alpha value is -3.54. The van der Waals surface area contributed by atoms with Crippen molar-refractivity contribution in [3.63, 3.8) is 0 Å². The summed E-state index contributed by atoms with van der Waals surface area (Å²) in [6.45, 7) is 0. The average Bonchev–Trinajstić information content (AvgIpc) is 3.02. The van der Waals surface area contributed by atoms with E-state index in [1.165, 1.54) is 6.07 Å². The third kappa shape index (κ3) is 2.40. The van der Waals surface area contributed by atoms with E-state index in [1.807, 2.05) is 0 Å². The summed E-state index contributed by atoms with van der Waals surface area (Å²) in [5.74, 6) is -0.256. The van der Waals surface area contributed by atoms with Crippen LogP contribution >= 0.6 is 0 Å². The first-order valence-corrected chi connectivity index (χ1v) is 6.16. The number of anilines is 1. The number of carbonyl (C=O) groups is 1. The highest BCUT2D eigenvalue weighted by atomic mass is 16.3. The number of tetrazole rings is 1. The number of aromatic amines is 1. The van der Waals surface area contributed by atoms with Crippen LogP contribution in [0.3, 0.4) is 0 Å². The molecule has 1 amide bonds. The second kappa shape index (κ2) is 5.45. The first kappa shape index (κ1) is 13.4. The van der Waals surface area contributed by atoms with Crippen molar-refractivity contribution in [2.75, 3.05) is 5.32 Å². The third-order valence-corrected chi connectivity index (χ3v) is 2.83. The summed E-state index contributed by atoms with van der Waals surface area (Å²) in [4.78, 5) is 23.7. The molecule has 0 aliphatic carbocycles. The predicted molar refractivity (Wildman–Crippen MR) is 74.5 cm³/mol. The van der Waals surface area contributed by atoms with Gasteiger partial charge in [-0.15, -0.1) is 10.2 Å². The number of aromatic nitrogens is 4. The van der Waals surface area contributed by atoms with E-state index >= 15 is 0 Å². The van der Waals surface area contributed by atoms with Crippen molar-refractivity contribution < 1.29 is 9.21 Å². The van der Waals surface area contributed by atoms with Gasteiger partial charge in [0.05, 0.1) is 17.1 Å². The highest BCUT2D eigenvalue weighted by Gasteiger charge is 2.14. The molecule has 108 valence electrons. The quantitative estimate of drug-likeness (QED) is 0.729. The largest absolute Gasteiger partial charge is 0.450 e. The van der Waals surface area contributed by atoms with Crippen LogP contribution < -0.4 is 10.7 Å². The van der Waals surface area contributed by atoms with Gasteiger partial charge in [0, 0.05) is 6.07 Å². The summed E-state index contributed by atoms with van der Waals surface area (Å²) >= 11 is 0. The number of rotatable bonds is 3. The Morgan fingerprint density at radius 2 is 2.32 bits per heavy atom. The fraction of sp³-hybridized carbons (Fsp3) is 0.0769. The molecule has 2 aromatic heterocycles. The highest BCUT2D eigenvalue weighted by molar-refractivity contribution is 6.00. The van der Waals surface area contributed by atoms with Crippen LogP contribution in [0.1, 0.15) is 6.42 Å². The molecule has 0 aliphatic rings. The number of benzene rings is 1. The summed E-state index contributed by atoms with van der Waals surface area (Å²) in [7, 11) is 0. The standard InChI is InChI=1S/C13H8N6O3/c14-5-4-11(21)15-8-3-1-2-7-9(20)6-10(22-12(7)8)13-16-18-19-17-13/h1-3,6H,4H2,(H,15,21)(H,16,17,18,19). The Kier molecular flexibility index (Phi) is 3.33. The molecule has 0 saturated carbocycles. The van der Waals surface area contributed by atoms with Gasteiger partial charge in [-0.05, 0) is 17.3 Å². The van der Waals surface area contributed by atoms with Gasteiger partial charge in [-0.1, -0.05) is 6.07 Å². The molecule has 0 atom stereocenters. The predicted octanol–water partition coefficient (Wildman–Crippen LogP) is 0.825. The molecule has 0 bridgehead atoms. The summed E-state index contributed by atoms with van der Waals surface area (Å²) in [5, 5.41) is 24.5. The molecule has 0 saturated heterocycles. The number of nitrogens with one attached hydrogen (secondary N) is 2. The van der Waals surface area contributed by atoms with Gasteiger partial charge in [-0.3, -0.25) is 9.59 Å². The number of carbonyl (C=O) groups excluding carboxylic acids is 1. The number of para-hydroxylation sites is 1. The van der Waals surface area contributed by atoms with E-state index in [2.05, 4.69) is 25.9 Å². The fourth-order valence-electron chi connectivity index (χ4n) is 1.92. The Labute approximate surface area is 122 Å². The van der Waals surface area contributed by atoms with E-state index in [0.29, 0.717) is 11.1 Å². The highest BCUT2D eigenvalue weighted by Crippen LogP contribution is 2.25. The van der Waals surface area contributed by atoms with Crippen LogP contribution in [0.2, 0.25) is 0 Å². The molecule has 2 heterocycles. The summed E-state index contributed by atoms with van der Waals surface area (Å²) < 4.78 is 5.61. The molecule has 9 heteroatoms. The zero-order chi connectivity index (χ0) is 15.5. The van der Waals surface area contributed by atoms with Crippen molar-refractivity contribution in [2.24, 2.45) is 0 Å². The van der Waals surface area contributed by atoms with E-state index in [-0.39, 0.29) is 29.0 Å². The Balaban J connectivity index is 2.16. The van der Waals surface area contributed by atoms with E-state index in [0.717, 1.165) is 0 Å². The second-order valence-corrected chi connectivity index (χ2v) is 4.28. The van der Waals surface area contributed by atoms with E-state index in [1.54, 1.807) is 24.3 Å². The first-order valence-electron chi connectivity index (χ1n) is 6.16. The lowest BCUT2D eigenvalue weighted by molar-refractivity contribution is -0.115. The Morgan fingerprint density at radius 3 is 3.05 bits per heavy atom.